The van der Waals surface area contributed by atoms with Crippen LogP contribution in [0.5, 0.6) is 5.75 Å². The lowest BCUT2D eigenvalue weighted by Gasteiger charge is -2.18. The molecule has 122 valence electrons. The van der Waals surface area contributed by atoms with Crippen LogP contribution in [-0.4, -0.2) is 23.0 Å². The fourth-order valence-corrected chi connectivity index (χ4v) is 2.47. The van der Waals surface area contributed by atoms with Crippen molar-refractivity contribution in [2.75, 3.05) is 7.05 Å². The predicted molar refractivity (Wildman–Crippen MR) is 88.0 cm³/mol. The quantitative estimate of drug-likeness (QED) is 0.787. The van der Waals surface area contributed by atoms with Gasteiger partial charge in [0.1, 0.15) is 17.3 Å². The zero-order chi connectivity index (χ0) is 17.1. The summed E-state index contributed by atoms with van der Waals surface area (Å²) in [6.07, 6.45) is 1.47. The van der Waals surface area contributed by atoms with Gasteiger partial charge in [-0.25, -0.2) is 4.39 Å². The molecule has 3 aromatic rings. The molecular formula is C19H16FNO3. The summed E-state index contributed by atoms with van der Waals surface area (Å²) >= 11 is 0. The standard InChI is InChI=1S/C19H16FNO3/c1-21(12-14-5-2-3-6-17(14)22)19(23)13-8-9-15(16(20)11-13)18-7-4-10-24-18/h2-11,22H,12H2,1H3. The number of aromatic hydroxyl groups is 1. The number of amides is 1. The molecule has 1 aromatic heterocycles. The van der Waals surface area contributed by atoms with E-state index in [-0.39, 0.29) is 23.8 Å². The van der Waals surface area contributed by atoms with Crippen molar-refractivity contribution in [3.63, 3.8) is 0 Å². The van der Waals surface area contributed by atoms with Crippen LogP contribution in [0.25, 0.3) is 11.3 Å². The van der Waals surface area contributed by atoms with Gasteiger partial charge in [0.2, 0.25) is 0 Å². The topological polar surface area (TPSA) is 53.7 Å². The van der Waals surface area contributed by atoms with E-state index in [2.05, 4.69) is 0 Å². The Morgan fingerprint density at radius 1 is 1.17 bits per heavy atom. The molecule has 0 bridgehead atoms. The highest BCUT2D eigenvalue weighted by Gasteiger charge is 2.16. The van der Waals surface area contributed by atoms with Gasteiger partial charge in [0.05, 0.1) is 11.8 Å². The molecule has 0 aliphatic heterocycles. The predicted octanol–water partition coefficient (Wildman–Crippen LogP) is 4.06. The molecule has 1 N–H and O–H groups in total. The number of carbonyl (C=O) groups excluding carboxylic acids is 1. The van der Waals surface area contributed by atoms with Crippen LogP contribution in [0.3, 0.4) is 0 Å². The maximum absolute atomic E-state index is 14.3. The SMILES string of the molecule is CN(Cc1ccccc1O)C(=O)c1ccc(-c2ccco2)c(F)c1. The van der Waals surface area contributed by atoms with Crippen molar-refractivity contribution >= 4 is 5.91 Å². The molecule has 4 nitrogen and oxygen atoms in total. The molecular weight excluding hydrogens is 309 g/mol. The van der Waals surface area contributed by atoms with Crippen molar-refractivity contribution in [3.05, 3.63) is 77.8 Å². The second kappa shape index (κ2) is 6.58. The molecule has 2 aromatic carbocycles. The van der Waals surface area contributed by atoms with Gasteiger partial charge in [-0.1, -0.05) is 18.2 Å². The van der Waals surface area contributed by atoms with Crippen LogP contribution in [-0.2, 0) is 6.54 Å². The fraction of sp³-hybridized carbons (Fsp3) is 0.105. The molecule has 0 saturated heterocycles. The van der Waals surface area contributed by atoms with E-state index in [0.717, 1.165) is 0 Å². The Morgan fingerprint density at radius 2 is 1.96 bits per heavy atom. The lowest BCUT2D eigenvalue weighted by molar-refractivity contribution is 0.0784. The summed E-state index contributed by atoms with van der Waals surface area (Å²) in [5.74, 6) is -0.319. The molecule has 3 rings (SSSR count). The maximum atomic E-state index is 14.3. The normalized spacial score (nSPS) is 10.6. The zero-order valence-electron chi connectivity index (χ0n) is 13.1. The molecule has 5 heteroatoms. The van der Waals surface area contributed by atoms with E-state index in [0.29, 0.717) is 16.9 Å². The highest BCUT2D eigenvalue weighted by molar-refractivity contribution is 5.94. The molecule has 24 heavy (non-hydrogen) atoms. The molecule has 0 unspecified atom stereocenters. The fourth-order valence-electron chi connectivity index (χ4n) is 2.47. The third-order valence-electron chi connectivity index (χ3n) is 3.75. The van der Waals surface area contributed by atoms with E-state index in [1.807, 2.05) is 0 Å². The summed E-state index contributed by atoms with van der Waals surface area (Å²) in [5, 5.41) is 9.79. The monoisotopic (exact) mass is 325 g/mol. The lowest BCUT2D eigenvalue weighted by atomic mass is 10.1. The minimum atomic E-state index is -0.522. The van der Waals surface area contributed by atoms with E-state index in [1.165, 1.54) is 23.3 Å². The second-order valence-corrected chi connectivity index (χ2v) is 5.46. The molecule has 0 aliphatic carbocycles. The third-order valence-corrected chi connectivity index (χ3v) is 3.75. The van der Waals surface area contributed by atoms with Gasteiger partial charge in [-0.3, -0.25) is 4.79 Å². The van der Waals surface area contributed by atoms with Gasteiger partial charge in [-0.05, 0) is 36.4 Å². The van der Waals surface area contributed by atoms with Crippen LogP contribution in [0.15, 0.2) is 65.3 Å². The third kappa shape index (κ3) is 3.15. The first-order valence-corrected chi connectivity index (χ1v) is 7.42. The van der Waals surface area contributed by atoms with Crippen LogP contribution in [0.1, 0.15) is 15.9 Å². The molecule has 0 aliphatic rings. The van der Waals surface area contributed by atoms with Crippen LogP contribution in [0, 0.1) is 5.82 Å². The summed E-state index contributed by atoms with van der Waals surface area (Å²) in [7, 11) is 1.60. The Kier molecular flexibility index (Phi) is 4.33. The molecule has 1 heterocycles. The minimum absolute atomic E-state index is 0.122. The Bertz CT molecular complexity index is 859. The average molecular weight is 325 g/mol. The number of phenolic OH excluding ortho intramolecular Hbond substituents is 1. The number of rotatable bonds is 4. The largest absolute Gasteiger partial charge is 0.508 e. The van der Waals surface area contributed by atoms with Gasteiger partial charge in [-0.15, -0.1) is 0 Å². The Morgan fingerprint density at radius 3 is 2.62 bits per heavy atom. The molecule has 1 amide bonds. The smallest absolute Gasteiger partial charge is 0.254 e. The van der Waals surface area contributed by atoms with Crippen molar-refractivity contribution < 1.29 is 18.7 Å². The highest BCUT2D eigenvalue weighted by Crippen LogP contribution is 2.25. The first kappa shape index (κ1) is 15.8. The van der Waals surface area contributed by atoms with E-state index in [4.69, 9.17) is 4.42 Å². The molecule has 0 atom stereocenters. The first-order valence-electron chi connectivity index (χ1n) is 7.42. The van der Waals surface area contributed by atoms with Crippen LogP contribution in [0.4, 0.5) is 4.39 Å². The zero-order valence-corrected chi connectivity index (χ0v) is 13.1. The number of halogens is 1. The lowest BCUT2D eigenvalue weighted by Crippen LogP contribution is -2.26. The molecule has 0 fully saturated rings. The molecule has 0 spiro atoms. The first-order chi connectivity index (χ1) is 11.6. The van der Waals surface area contributed by atoms with Gasteiger partial charge >= 0.3 is 0 Å². The van der Waals surface area contributed by atoms with Gasteiger partial charge in [0.15, 0.2) is 0 Å². The minimum Gasteiger partial charge on any atom is -0.508 e. The van der Waals surface area contributed by atoms with E-state index >= 15 is 0 Å². The summed E-state index contributed by atoms with van der Waals surface area (Å²) in [5.41, 5.74) is 1.17. The summed E-state index contributed by atoms with van der Waals surface area (Å²) in [6.45, 7) is 0.229. The Hall–Kier alpha value is -3.08. The van der Waals surface area contributed by atoms with Crippen molar-refractivity contribution in [1.29, 1.82) is 0 Å². The number of hydrogen-bond donors (Lipinski definition) is 1. The number of para-hydroxylation sites is 1. The number of furan rings is 1. The van der Waals surface area contributed by atoms with Gasteiger partial charge in [-0.2, -0.15) is 0 Å². The molecule has 0 radical (unpaired) electrons. The van der Waals surface area contributed by atoms with E-state index in [1.54, 1.807) is 49.5 Å². The van der Waals surface area contributed by atoms with E-state index < -0.39 is 5.82 Å². The van der Waals surface area contributed by atoms with Crippen molar-refractivity contribution in [2.45, 2.75) is 6.54 Å². The highest BCUT2D eigenvalue weighted by atomic mass is 19.1. The van der Waals surface area contributed by atoms with Gasteiger partial charge in [0.25, 0.3) is 5.91 Å². The van der Waals surface area contributed by atoms with Crippen molar-refractivity contribution in [1.82, 2.24) is 4.90 Å². The van der Waals surface area contributed by atoms with Gasteiger partial charge in [0, 0.05) is 24.7 Å². The van der Waals surface area contributed by atoms with Crippen LogP contribution in [0.2, 0.25) is 0 Å². The summed E-state index contributed by atoms with van der Waals surface area (Å²) < 4.78 is 19.4. The molecule has 0 saturated carbocycles. The van der Waals surface area contributed by atoms with E-state index in [9.17, 15) is 14.3 Å². The van der Waals surface area contributed by atoms with Gasteiger partial charge < -0.3 is 14.4 Å². The van der Waals surface area contributed by atoms with Crippen LogP contribution >= 0.6 is 0 Å². The summed E-state index contributed by atoms with van der Waals surface area (Å²) in [6, 6.07) is 14.4. The maximum Gasteiger partial charge on any atom is 0.254 e. The average Bonchev–Trinajstić information content (AvgIpc) is 3.10. The number of nitrogens with zero attached hydrogens (tertiary/aromatic N) is 1. The Balaban J connectivity index is 1.80. The number of carbonyl (C=O) groups is 1. The second-order valence-electron chi connectivity index (χ2n) is 5.46. The van der Waals surface area contributed by atoms with Crippen LogP contribution < -0.4 is 0 Å². The Labute approximate surface area is 138 Å². The number of benzene rings is 2. The van der Waals surface area contributed by atoms with Crippen molar-refractivity contribution in [2.24, 2.45) is 0 Å². The summed E-state index contributed by atoms with van der Waals surface area (Å²) in [4.78, 5) is 13.9. The number of phenols is 1. The van der Waals surface area contributed by atoms with Crippen molar-refractivity contribution in [3.8, 4) is 17.1 Å². The number of hydrogen-bond acceptors (Lipinski definition) is 3.